The van der Waals surface area contributed by atoms with Gasteiger partial charge in [0, 0.05) is 13.7 Å². The van der Waals surface area contributed by atoms with Crippen molar-refractivity contribution in [2.75, 3.05) is 25.6 Å². The van der Waals surface area contributed by atoms with Gasteiger partial charge in [-0.25, -0.2) is 4.98 Å². The van der Waals surface area contributed by atoms with E-state index in [1.807, 2.05) is 0 Å². The topological polar surface area (TPSA) is 67.3 Å². The number of nitrogens with zero attached hydrogens (tertiary/aromatic N) is 2. The molecule has 13 heavy (non-hydrogen) atoms. The second-order valence-electron chi connectivity index (χ2n) is 2.47. The standard InChI is InChI=1S/C8H13N3O2/c1-13-3-2-10-8-5-9-4-7(6-12)11-8/h4-5,12H,2-3,6H2,1H3,(H,10,11). The van der Waals surface area contributed by atoms with E-state index < -0.39 is 0 Å². The van der Waals surface area contributed by atoms with E-state index in [0.29, 0.717) is 24.7 Å². The Kier molecular flexibility index (Phi) is 4.14. The number of hydrogen-bond donors (Lipinski definition) is 2. The first-order chi connectivity index (χ1) is 6.36. The molecule has 0 saturated carbocycles. The molecule has 0 aliphatic rings. The smallest absolute Gasteiger partial charge is 0.144 e. The number of anilines is 1. The van der Waals surface area contributed by atoms with Gasteiger partial charge in [-0.3, -0.25) is 4.98 Å². The molecule has 1 aromatic rings. The Bertz CT molecular complexity index is 255. The average molecular weight is 183 g/mol. The van der Waals surface area contributed by atoms with Gasteiger partial charge in [0.15, 0.2) is 0 Å². The minimum atomic E-state index is -0.0905. The lowest BCUT2D eigenvalue weighted by Crippen LogP contribution is -2.09. The van der Waals surface area contributed by atoms with E-state index in [-0.39, 0.29) is 6.61 Å². The molecule has 0 unspecified atom stereocenters. The van der Waals surface area contributed by atoms with Crippen LogP contribution in [0.25, 0.3) is 0 Å². The fourth-order valence-corrected chi connectivity index (χ4v) is 0.849. The van der Waals surface area contributed by atoms with Crippen molar-refractivity contribution >= 4 is 5.82 Å². The van der Waals surface area contributed by atoms with E-state index in [1.54, 1.807) is 13.3 Å². The lowest BCUT2D eigenvalue weighted by Gasteiger charge is -2.04. The van der Waals surface area contributed by atoms with E-state index >= 15 is 0 Å². The predicted molar refractivity (Wildman–Crippen MR) is 48.3 cm³/mol. The zero-order valence-electron chi connectivity index (χ0n) is 7.53. The number of aromatic nitrogens is 2. The van der Waals surface area contributed by atoms with Crippen molar-refractivity contribution in [3.8, 4) is 0 Å². The van der Waals surface area contributed by atoms with Crippen LogP contribution in [0.5, 0.6) is 0 Å². The number of aliphatic hydroxyl groups excluding tert-OH is 1. The number of methoxy groups -OCH3 is 1. The maximum Gasteiger partial charge on any atom is 0.144 e. The minimum absolute atomic E-state index is 0.0905. The molecule has 0 atom stereocenters. The largest absolute Gasteiger partial charge is 0.390 e. The van der Waals surface area contributed by atoms with Gasteiger partial charge in [-0.2, -0.15) is 0 Å². The third kappa shape index (κ3) is 3.35. The molecule has 0 aromatic carbocycles. The van der Waals surface area contributed by atoms with Crippen LogP contribution in [0.2, 0.25) is 0 Å². The number of rotatable bonds is 5. The van der Waals surface area contributed by atoms with Gasteiger partial charge in [0.05, 0.1) is 31.3 Å². The molecule has 0 bridgehead atoms. The molecule has 2 N–H and O–H groups in total. The van der Waals surface area contributed by atoms with Crippen molar-refractivity contribution in [3.63, 3.8) is 0 Å². The van der Waals surface area contributed by atoms with Crippen molar-refractivity contribution in [2.45, 2.75) is 6.61 Å². The molecule has 0 radical (unpaired) electrons. The van der Waals surface area contributed by atoms with Crippen molar-refractivity contribution in [1.29, 1.82) is 0 Å². The van der Waals surface area contributed by atoms with E-state index in [0.717, 1.165) is 0 Å². The third-order valence-corrected chi connectivity index (χ3v) is 1.46. The highest BCUT2D eigenvalue weighted by molar-refractivity contribution is 5.31. The van der Waals surface area contributed by atoms with Crippen molar-refractivity contribution in [2.24, 2.45) is 0 Å². The molecule has 0 saturated heterocycles. The molecule has 0 fully saturated rings. The number of nitrogens with one attached hydrogen (secondary N) is 1. The summed E-state index contributed by atoms with van der Waals surface area (Å²) in [6.45, 7) is 1.21. The summed E-state index contributed by atoms with van der Waals surface area (Å²) in [5.41, 5.74) is 0.558. The second-order valence-corrected chi connectivity index (χ2v) is 2.47. The van der Waals surface area contributed by atoms with Crippen LogP contribution in [0.1, 0.15) is 5.69 Å². The van der Waals surface area contributed by atoms with Gasteiger partial charge in [-0.05, 0) is 0 Å². The average Bonchev–Trinajstić information content (AvgIpc) is 2.19. The van der Waals surface area contributed by atoms with Crippen LogP contribution in [-0.4, -0.2) is 35.3 Å². The van der Waals surface area contributed by atoms with E-state index in [9.17, 15) is 0 Å². The van der Waals surface area contributed by atoms with Crippen LogP contribution >= 0.6 is 0 Å². The lowest BCUT2D eigenvalue weighted by molar-refractivity contribution is 0.210. The van der Waals surface area contributed by atoms with Crippen LogP contribution < -0.4 is 5.32 Å². The Morgan fingerprint density at radius 3 is 3.08 bits per heavy atom. The molecule has 0 aliphatic heterocycles. The summed E-state index contributed by atoms with van der Waals surface area (Å²) in [6, 6.07) is 0. The number of hydrogen-bond acceptors (Lipinski definition) is 5. The molecule has 0 amide bonds. The van der Waals surface area contributed by atoms with Gasteiger partial charge in [0.2, 0.25) is 0 Å². The van der Waals surface area contributed by atoms with Crippen LogP contribution in [0, 0.1) is 0 Å². The van der Waals surface area contributed by atoms with E-state index in [2.05, 4.69) is 15.3 Å². The van der Waals surface area contributed by atoms with Crippen molar-refractivity contribution < 1.29 is 9.84 Å². The summed E-state index contributed by atoms with van der Waals surface area (Å²) in [7, 11) is 1.64. The summed E-state index contributed by atoms with van der Waals surface area (Å²) < 4.78 is 4.86. The Hall–Kier alpha value is -1.20. The molecule has 1 aromatic heterocycles. The summed E-state index contributed by atoms with van der Waals surface area (Å²) in [4.78, 5) is 7.99. The molecule has 5 heteroatoms. The normalized spacial score (nSPS) is 10.0. The molecule has 5 nitrogen and oxygen atoms in total. The first-order valence-electron chi connectivity index (χ1n) is 4.01. The minimum Gasteiger partial charge on any atom is -0.390 e. The summed E-state index contributed by atoms with van der Waals surface area (Å²) in [5, 5.41) is 11.8. The fraction of sp³-hybridized carbons (Fsp3) is 0.500. The fourth-order valence-electron chi connectivity index (χ4n) is 0.849. The van der Waals surface area contributed by atoms with Gasteiger partial charge < -0.3 is 15.2 Å². The Labute approximate surface area is 76.8 Å². The number of aliphatic hydroxyl groups is 1. The van der Waals surface area contributed by atoms with Gasteiger partial charge in [-0.1, -0.05) is 0 Å². The molecular formula is C8H13N3O2. The lowest BCUT2D eigenvalue weighted by atomic mass is 10.5. The van der Waals surface area contributed by atoms with Crippen molar-refractivity contribution in [1.82, 2.24) is 9.97 Å². The van der Waals surface area contributed by atoms with E-state index in [4.69, 9.17) is 9.84 Å². The van der Waals surface area contributed by atoms with Crippen LogP contribution in [0.15, 0.2) is 12.4 Å². The molecule has 0 spiro atoms. The maximum absolute atomic E-state index is 8.78. The Morgan fingerprint density at radius 2 is 2.38 bits per heavy atom. The first-order valence-corrected chi connectivity index (χ1v) is 4.01. The monoisotopic (exact) mass is 183 g/mol. The highest BCUT2D eigenvalue weighted by Gasteiger charge is 1.95. The number of ether oxygens (including phenoxy) is 1. The van der Waals surface area contributed by atoms with Crippen LogP contribution in [-0.2, 0) is 11.3 Å². The van der Waals surface area contributed by atoms with Crippen molar-refractivity contribution in [3.05, 3.63) is 18.1 Å². The second kappa shape index (κ2) is 5.45. The molecule has 0 aliphatic carbocycles. The zero-order chi connectivity index (χ0) is 9.52. The predicted octanol–water partition coefficient (Wildman–Crippen LogP) is 0.0272. The van der Waals surface area contributed by atoms with Crippen LogP contribution in [0.4, 0.5) is 5.82 Å². The Morgan fingerprint density at radius 1 is 1.54 bits per heavy atom. The quantitative estimate of drug-likeness (QED) is 0.630. The summed E-state index contributed by atoms with van der Waals surface area (Å²) >= 11 is 0. The molecule has 72 valence electrons. The van der Waals surface area contributed by atoms with E-state index in [1.165, 1.54) is 6.20 Å². The third-order valence-electron chi connectivity index (χ3n) is 1.46. The summed E-state index contributed by atoms with van der Waals surface area (Å²) in [5.74, 6) is 0.656. The van der Waals surface area contributed by atoms with Gasteiger partial charge in [-0.15, -0.1) is 0 Å². The van der Waals surface area contributed by atoms with Gasteiger partial charge in [0.25, 0.3) is 0 Å². The SMILES string of the molecule is COCCNc1cncc(CO)n1. The maximum atomic E-state index is 8.78. The molecular weight excluding hydrogens is 170 g/mol. The summed E-state index contributed by atoms with van der Waals surface area (Å²) in [6.07, 6.45) is 3.14. The molecule has 1 rings (SSSR count). The van der Waals surface area contributed by atoms with Crippen LogP contribution in [0.3, 0.4) is 0 Å². The van der Waals surface area contributed by atoms with Gasteiger partial charge >= 0.3 is 0 Å². The molecule has 1 heterocycles. The zero-order valence-corrected chi connectivity index (χ0v) is 7.53. The first kappa shape index (κ1) is 9.88. The highest BCUT2D eigenvalue weighted by Crippen LogP contribution is 2.00. The van der Waals surface area contributed by atoms with Gasteiger partial charge in [0.1, 0.15) is 5.82 Å². The highest BCUT2D eigenvalue weighted by atomic mass is 16.5. The Balaban J connectivity index is 2.46.